The van der Waals surface area contributed by atoms with Gasteiger partial charge in [0.05, 0.1) is 5.56 Å². The van der Waals surface area contributed by atoms with Crippen LogP contribution in [-0.2, 0) is 9.53 Å². The molecule has 0 unspecified atom stereocenters. The zero-order valence-corrected chi connectivity index (χ0v) is 11.9. The molecule has 0 aliphatic rings. The van der Waals surface area contributed by atoms with E-state index in [1.807, 2.05) is 0 Å². The molecule has 2 aromatic rings. The van der Waals surface area contributed by atoms with Crippen molar-refractivity contribution in [2.75, 3.05) is 11.9 Å². The van der Waals surface area contributed by atoms with E-state index in [0.717, 1.165) is 6.07 Å². The molecule has 118 valence electrons. The molecule has 0 saturated carbocycles. The third kappa shape index (κ3) is 4.63. The number of nitrogens with one attached hydrogen (secondary N) is 1. The highest BCUT2D eigenvalue weighted by Gasteiger charge is 2.11. The molecule has 3 N–H and O–H groups in total. The van der Waals surface area contributed by atoms with Crippen molar-refractivity contribution < 1.29 is 23.5 Å². The van der Waals surface area contributed by atoms with Crippen molar-refractivity contribution in [3.05, 3.63) is 65.5 Å². The van der Waals surface area contributed by atoms with Crippen LogP contribution in [0.2, 0.25) is 0 Å². The lowest BCUT2D eigenvalue weighted by atomic mass is 10.2. The average molecular weight is 316 g/mol. The lowest BCUT2D eigenvalue weighted by Gasteiger charge is -2.07. The molecule has 0 saturated heterocycles. The number of primary amides is 1. The maximum absolute atomic E-state index is 13.0. The second-order valence-corrected chi connectivity index (χ2v) is 4.58. The first-order valence-corrected chi connectivity index (χ1v) is 6.58. The smallest absolute Gasteiger partial charge is 0.338 e. The SMILES string of the molecule is NC(=O)c1ccc(NC(=O)COC(=O)c2cccc(F)c2)cc1. The Balaban J connectivity index is 1.87. The average Bonchev–Trinajstić information content (AvgIpc) is 2.53. The van der Waals surface area contributed by atoms with Gasteiger partial charge in [0.15, 0.2) is 6.61 Å². The van der Waals surface area contributed by atoms with Crippen LogP contribution >= 0.6 is 0 Å². The quantitative estimate of drug-likeness (QED) is 0.821. The minimum Gasteiger partial charge on any atom is -0.452 e. The van der Waals surface area contributed by atoms with E-state index in [4.69, 9.17) is 10.5 Å². The van der Waals surface area contributed by atoms with Crippen molar-refractivity contribution in [3.8, 4) is 0 Å². The van der Waals surface area contributed by atoms with Crippen LogP contribution in [0.5, 0.6) is 0 Å². The topological polar surface area (TPSA) is 98.5 Å². The zero-order chi connectivity index (χ0) is 16.8. The van der Waals surface area contributed by atoms with E-state index < -0.39 is 30.2 Å². The summed E-state index contributed by atoms with van der Waals surface area (Å²) in [5.74, 6) is -2.52. The highest BCUT2D eigenvalue weighted by molar-refractivity contribution is 5.96. The minimum absolute atomic E-state index is 0.0172. The number of nitrogens with two attached hydrogens (primary N) is 1. The van der Waals surface area contributed by atoms with Crippen LogP contribution in [0.4, 0.5) is 10.1 Å². The maximum atomic E-state index is 13.0. The summed E-state index contributed by atoms with van der Waals surface area (Å²) in [5, 5.41) is 2.48. The first-order chi connectivity index (χ1) is 11.0. The Bertz CT molecular complexity index is 744. The third-order valence-electron chi connectivity index (χ3n) is 2.85. The number of rotatable bonds is 5. The predicted molar refractivity (Wildman–Crippen MR) is 80.3 cm³/mol. The van der Waals surface area contributed by atoms with Crippen LogP contribution in [0.3, 0.4) is 0 Å². The molecule has 7 heteroatoms. The Kier molecular flexibility index (Phi) is 5.03. The monoisotopic (exact) mass is 316 g/mol. The van der Waals surface area contributed by atoms with E-state index in [-0.39, 0.29) is 5.56 Å². The minimum atomic E-state index is -0.802. The van der Waals surface area contributed by atoms with Crippen molar-refractivity contribution in [3.63, 3.8) is 0 Å². The van der Waals surface area contributed by atoms with E-state index in [9.17, 15) is 18.8 Å². The molecule has 0 aromatic heterocycles. The fourth-order valence-electron chi connectivity index (χ4n) is 1.74. The van der Waals surface area contributed by atoms with Crippen molar-refractivity contribution >= 4 is 23.5 Å². The second kappa shape index (κ2) is 7.17. The Labute approximate surface area is 131 Å². The zero-order valence-electron chi connectivity index (χ0n) is 11.9. The molecule has 0 radical (unpaired) electrons. The molecule has 0 aliphatic carbocycles. The number of carbonyl (C=O) groups excluding carboxylic acids is 3. The molecular weight excluding hydrogens is 303 g/mol. The van der Waals surface area contributed by atoms with Gasteiger partial charge in [-0.2, -0.15) is 0 Å². The first-order valence-electron chi connectivity index (χ1n) is 6.58. The van der Waals surface area contributed by atoms with Crippen LogP contribution in [0.15, 0.2) is 48.5 Å². The summed E-state index contributed by atoms with van der Waals surface area (Å²) < 4.78 is 17.8. The number of hydrogen-bond donors (Lipinski definition) is 2. The van der Waals surface area contributed by atoms with Crippen molar-refractivity contribution in [2.24, 2.45) is 5.73 Å². The number of carbonyl (C=O) groups is 3. The number of esters is 1. The highest BCUT2D eigenvalue weighted by atomic mass is 19.1. The number of anilines is 1. The van der Waals surface area contributed by atoms with Gasteiger partial charge < -0.3 is 15.8 Å². The van der Waals surface area contributed by atoms with Crippen molar-refractivity contribution in [1.29, 1.82) is 0 Å². The van der Waals surface area contributed by atoms with Gasteiger partial charge in [0, 0.05) is 11.3 Å². The van der Waals surface area contributed by atoms with Crippen molar-refractivity contribution in [1.82, 2.24) is 0 Å². The Morgan fingerprint density at radius 3 is 2.35 bits per heavy atom. The van der Waals surface area contributed by atoms with Gasteiger partial charge in [-0.25, -0.2) is 9.18 Å². The lowest BCUT2D eigenvalue weighted by molar-refractivity contribution is -0.119. The molecule has 6 nitrogen and oxygen atoms in total. The van der Waals surface area contributed by atoms with E-state index in [2.05, 4.69) is 5.32 Å². The molecule has 0 fully saturated rings. The lowest BCUT2D eigenvalue weighted by Crippen LogP contribution is -2.21. The van der Waals surface area contributed by atoms with Crippen LogP contribution in [0.1, 0.15) is 20.7 Å². The maximum Gasteiger partial charge on any atom is 0.338 e. The fraction of sp³-hybridized carbons (Fsp3) is 0.0625. The number of ether oxygens (including phenoxy) is 1. The number of benzene rings is 2. The second-order valence-electron chi connectivity index (χ2n) is 4.58. The summed E-state index contributed by atoms with van der Waals surface area (Å²) in [5.41, 5.74) is 5.84. The summed E-state index contributed by atoms with van der Waals surface area (Å²) in [4.78, 5) is 34.3. The summed E-state index contributed by atoms with van der Waals surface area (Å²) >= 11 is 0. The van der Waals surface area contributed by atoms with E-state index in [0.29, 0.717) is 11.3 Å². The normalized spacial score (nSPS) is 9.96. The number of hydrogen-bond acceptors (Lipinski definition) is 4. The highest BCUT2D eigenvalue weighted by Crippen LogP contribution is 2.09. The fourth-order valence-corrected chi connectivity index (χ4v) is 1.74. The van der Waals surface area contributed by atoms with Gasteiger partial charge in [-0.3, -0.25) is 9.59 Å². The first kappa shape index (κ1) is 16.2. The number of amides is 2. The molecule has 0 atom stereocenters. The van der Waals surface area contributed by atoms with Crippen molar-refractivity contribution in [2.45, 2.75) is 0 Å². The molecular formula is C16H13FN2O4. The van der Waals surface area contributed by atoms with Gasteiger partial charge >= 0.3 is 5.97 Å². The molecule has 2 amide bonds. The van der Waals surface area contributed by atoms with Gasteiger partial charge in [-0.05, 0) is 42.5 Å². The molecule has 0 aliphatic heterocycles. The van der Waals surface area contributed by atoms with Gasteiger partial charge in [0.2, 0.25) is 5.91 Å². The van der Waals surface area contributed by atoms with Gasteiger partial charge in [-0.15, -0.1) is 0 Å². The number of halogens is 1. The summed E-state index contributed by atoms with van der Waals surface area (Å²) in [7, 11) is 0. The van der Waals surface area contributed by atoms with Gasteiger partial charge in [-0.1, -0.05) is 6.07 Å². The summed E-state index contributed by atoms with van der Waals surface area (Å²) in [6, 6.07) is 10.9. The summed E-state index contributed by atoms with van der Waals surface area (Å²) in [6.45, 7) is -0.521. The van der Waals surface area contributed by atoms with Gasteiger partial charge in [0.1, 0.15) is 5.82 Å². The van der Waals surface area contributed by atoms with Crippen LogP contribution < -0.4 is 11.1 Å². The predicted octanol–water partition coefficient (Wildman–Crippen LogP) is 1.72. The third-order valence-corrected chi connectivity index (χ3v) is 2.85. The van der Waals surface area contributed by atoms with Crippen LogP contribution in [0.25, 0.3) is 0 Å². The molecule has 0 heterocycles. The van der Waals surface area contributed by atoms with Gasteiger partial charge in [0.25, 0.3) is 5.91 Å². The van der Waals surface area contributed by atoms with E-state index in [1.54, 1.807) is 0 Å². The molecule has 0 bridgehead atoms. The standard InChI is InChI=1S/C16H13FN2O4/c17-12-3-1-2-11(8-12)16(22)23-9-14(20)19-13-6-4-10(5-7-13)15(18)21/h1-8H,9H2,(H2,18,21)(H,19,20). The van der Waals surface area contributed by atoms with Crippen LogP contribution in [0, 0.1) is 5.82 Å². The Hall–Kier alpha value is -3.22. The Morgan fingerprint density at radius 1 is 1.04 bits per heavy atom. The summed E-state index contributed by atoms with van der Waals surface area (Å²) in [6.07, 6.45) is 0. The Morgan fingerprint density at radius 2 is 1.74 bits per heavy atom. The molecule has 2 rings (SSSR count). The van der Waals surface area contributed by atoms with E-state index >= 15 is 0 Å². The van der Waals surface area contributed by atoms with Crippen LogP contribution in [-0.4, -0.2) is 24.4 Å². The molecule has 23 heavy (non-hydrogen) atoms. The molecule has 2 aromatic carbocycles. The largest absolute Gasteiger partial charge is 0.452 e. The molecule has 0 spiro atoms. The van der Waals surface area contributed by atoms with E-state index in [1.165, 1.54) is 42.5 Å².